The Bertz CT molecular complexity index is 7950. The minimum absolute atomic E-state index is 0.924. The normalized spacial score (nSPS) is 11.7. The van der Waals surface area contributed by atoms with Crippen molar-refractivity contribution in [3.05, 3.63) is 425 Å². The maximum absolute atomic E-state index is 6.33. The lowest BCUT2D eigenvalue weighted by Gasteiger charge is -2.12. The number of furan rings is 3. The summed E-state index contributed by atoms with van der Waals surface area (Å²) in [6.45, 7) is 0. The smallest absolute Gasteiger partial charge is 0.143 e. The van der Waals surface area contributed by atoms with Crippen LogP contribution < -0.4 is 0 Å². The van der Waals surface area contributed by atoms with Gasteiger partial charge in [-0.25, -0.2) is 0 Å². The van der Waals surface area contributed by atoms with Crippen LogP contribution in [0.15, 0.2) is 438 Å². The van der Waals surface area contributed by atoms with Crippen LogP contribution in [0.1, 0.15) is 0 Å². The quantitative estimate of drug-likeness (QED) is 0.142. The Hall–Kier alpha value is -15.2. The molecule has 0 bridgehead atoms. The first-order valence-corrected chi connectivity index (χ1v) is 39.4. The highest BCUT2D eigenvalue weighted by Crippen LogP contribution is 2.45. The zero-order valence-corrected chi connectivity index (χ0v) is 62.6. The third-order valence-electron chi connectivity index (χ3n) is 23.4. The summed E-state index contributed by atoms with van der Waals surface area (Å²) in [6.07, 6.45) is 0. The molecule has 24 aromatic rings. The SMILES string of the molecule is c1cc(-c2ccc(-c3cc4ccccc4c4ccccc34)cc2)cc(-c2cccc3c2oc2ccccc23)c1.c1ccc2c(c1)cc(-c1ccc(-c3ccc(-c4cccc5c4oc4ccccc45)cc3)cc1)c1ccccc12.c1ccc2c(c1)cc(-c1ccc3ccc(-c4cccc5c4oc4ccccc45)cc3c1)c1ccccc12. The highest BCUT2D eigenvalue weighted by Gasteiger charge is 2.19. The molecular formula is C112H70O3. The van der Waals surface area contributed by atoms with E-state index in [-0.39, 0.29) is 0 Å². The molecule has 3 aromatic heterocycles. The van der Waals surface area contributed by atoms with E-state index in [0.29, 0.717) is 0 Å². The minimum atomic E-state index is 0.924. The number of hydrogen-bond acceptors (Lipinski definition) is 3. The van der Waals surface area contributed by atoms with Gasteiger partial charge in [0, 0.05) is 49.0 Å². The predicted molar refractivity (Wildman–Crippen MR) is 487 cm³/mol. The average molecular weight is 1460 g/mol. The first kappa shape index (κ1) is 66.8. The standard InChI is InChI=1S/2C38H24O.C36H22O/c1-2-12-30-29(9-1)24-36(33-14-4-3-13-32(30)33)26-21-19-25(20-22-26)27-10-7-11-28(23-27)31-16-8-17-35-34-15-5-6-18-37(34)39-38(31)35;1-2-9-30-29(8-1)24-36(33-11-4-3-10-32(30)33)28-22-18-26(19-23-28)25-16-20-27(21-17-25)31-13-7-14-35-34-12-5-6-15-37(34)39-38(31)35;1-2-9-28-24(8-1)22-34(31-11-4-3-10-30(28)31)26-19-17-23-16-18-25(20-27(23)21-26)29-13-7-14-33-32-12-5-6-15-35(32)37-36(29)33/h2*1-24H;1-22H. The van der Waals surface area contributed by atoms with Crippen molar-refractivity contribution in [3.63, 3.8) is 0 Å². The van der Waals surface area contributed by atoms with E-state index in [1.807, 2.05) is 36.4 Å². The number of para-hydroxylation sites is 6. The molecule has 0 saturated heterocycles. The summed E-state index contributed by atoms with van der Waals surface area (Å²) in [5.41, 5.74) is 24.7. The maximum Gasteiger partial charge on any atom is 0.143 e. The summed E-state index contributed by atoms with van der Waals surface area (Å²) < 4.78 is 18.9. The van der Waals surface area contributed by atoms with Gasteiger partial charge in [0.25, 0.3) is 0 Å². The lowest BCUT2D eigenvalue weighted by Crippen LogP contribution is -1.86. The first-order valence-electron chi connectivity index (χ1n) is 39.4. The molecule has 21 aromatic carbocycles. The minimum Gasteiger partial charge on any atom is -0.455 e. The molecule has 0 aliphatic rings. The van der Waals surface area contributed by atoms with Crippen molar-refractivity contribution in [3.8, 4) is 89.0 Å². The molecule has 3 nitrogen and oxygen atoms in total. The van der Waals surface area contributed by atoms with Gasteiger partial charge < -0.3 is 13.3 Å². The molecule has 115 heavy (non-hydrogen) atoms. The van der Waals surface area contributed by atoms with E-state index in [2.05, 4.69) is 388 Å². The van der Waals surface area contributed by atoms with Gasteiger partial charge in [0.15, 0.2) is 0 Å². The molecule has 0 radical (unpaired) electrons. The van der Waals surface area contributed by atoms with Crippen molar-refractivity contribution < 1.29 is 13.3 Å². The summed E-state index contributed by atoms with van der Waals surface area (Å²) >= 11 is 0. The zero-order chi connectivity index (χ0) is 75.9. The summed E-state index contributed by atoms with van der Waals surface area (Å²) in [6, 6.07) is 152. The van der Waals surface area contributed by atoms with Crippen LogP contribution in [0.2, 0.25) is 0 Å². The molecule has 3 heteroatoms. The molecule has 0 amide bonds. The van der Waals surface area contributed by atoms with E-state index in [1.165, 1.54) is 131 Å². The van der Waals surface area contributed by atoms with Crippen molar-refractivity contribution in [2.45, 2.75) is 0 Å². The maximum atomic E-state index is 6.33. The second-order valence-corrected chi connectivity index (χ2v) is 30.0. The summed E-state index contributed by atoms with van der Waals surface area (Å²) in [5.74, 6) is 0. The van der Waals surface area contributed by atoms with Crippen LogP contribution in [0.25, 0.3) is 230 Å². The van der Waals surface area contributed by atoms with Crippen molar-refractivity contribution in [1.29, 1.82) is 0 Å². The summed E-state index contributed by atoms with van der Waals surface area (Å²) in [5, 5.41) is 24.8. The molecule has 0 N–H and O–H groups in total. The fraction of sp³-hybridized carbons (Fsp3) is 0. The number of benzene rings is 21. The Kier molecular flexibility index (Phi) is 16.3. The molecular weight excluding hydrogens is 1390 g/mol. The van der Waals surface area contributed by atoms with Crippen LogP contribution in [-0.4, -0.2) is 0 Å². The lowest BCUT2D eigenvalue weighted by atomic mass is 9.91. The van der Waals surface area contributed by atoms with E-state index in [1.54, 1.807) is 0 Å². The van der Waals surface area contributed by atoms with Gasteiger partial charge in [-0.2, -0.15) is 0 Å². The van der Waals surface area contributed by atoms with Crippen molar-refractivity contribution in [2.24, 2.45) is 0 Å². The van der Waals surface area contributed by atoms with E-state index >= 15 is 0 Å². The topological polar surface area (TPSA) is 39.4 Å². The molecule has 0 fully saturated rings. The monoisotopic (exact) mass is 1460 g/mol. The van der Waals surface area contributed by atoms with Gasteiger partial charge in [-0.1, -0.05) is 370 Å². The number of hydrogen-bond donors (Lipinski definition) is 0. The number of rotatable bonds is 8. The Morgan fingerprint density at radius 2 is 0.365 bits per heavy atom. The molecule has 0 spiro atoms. The lowest BCUT2D eigenvalue weighted by molar-refractivity contribution is 0.669. The second kappa shape index (κ2) is 28.0. The van der Waals surface area contributed by atoms with Crippen LogP contribution in [0.5, 0.6) is 0 Å². The molecule has 0 unspecified atom stereocenters. The van der Waals surface area contributed by atoms with Gasteiger partial charge in [-0.05, 0) is 202 Å². The third-order valence-corrected chi connectivity index (χ3v) is 23.4. The van der Waals surface area contributed by atoms with Crippen molar-refractivity contribution in [1.82, 2.24) is 0 Å². The van der Waals surface area contributed by atoms with Gasteiger partial charge >= 0.3 is 0 Å². The van der Waals surface area contributed by atoms with E-state index < -0.39 is 0 Å². The van der Waals surface area contributed by atoms with Gasteiger partial charge in [0.1, 0.15) is 33.5 Å². The Morgan fingerprint density at radius 1 is 0.113 bits per heavy atom. The molecule has 536 valence electrons. The van der Waals surface area contributed by atoms with Crippen LogP contribution in [0.4, 0.5) is 0 Å². The average Bonchev–Trinajstić information content (AvgIpc) is 1.37. The predicted octanol–water partition coefficient (Wildman–Crippen LogP) is 32.2. The summed E-state index contributed by atoms with van der Waals surface area (Å²) in [7, 11) is 0. The molecule has 0 saturated carbocycles. The Balaban J connectivity index is 0.000000105. The zero-order valence-electron chi connectivity index (χ0n) is 62.6. The molecule has 3 heterocycles. The number of fused-ring (bicyclic) bond motifs is 19. The molecule has 0 atom stereocenters. The van der Waals surface area contributed by atoms with Crippen LogP contribution in [0.3, 0.4) is 0 Å². The summed E-state index contributed by atoms with van der Waals surface area (Å²) in [4.78, 5) is 0. The molecule has 24 rings (SSSR count). The second-order valence-electron chi connectivity index (χ2n) is 30.0. The highest BCUT2D eigenvalue weighted by atomic mass is 16.3. The Labute approximate surface area is 663 Å². The largest absolute Gasteiger partial charge is 0.455 e. The fourth-order valence-electron chi connectivity index (χ4n) is 17.8. The van der Waals surface area contributed by atoms with Crippen LogP contribution >= 0.6 is 0 Å². The molecule has 0 aliphatic carbocycles. The van der Waals surface area contributed by atoms with E-state index in [0.717, 1.165) is 99.2 Å². The Morgan fingerprint density at radius 3 is 0.757 bits per heavy atom. The van der Waals surface area contributed by atoms with Crippen LogP contribution in [0, 0.1) is 0 Å². The van der Waals surface area contributed by atoms with Gasteiger partial charge in [0.2, 0.25) is 0 Å². The van der Waals surface area contributed by atoms with Crippen molar-refractivity contribution >= 4 is 141 Å². The van der Waals surface area contributed by atoms with Gasteiger partial charge in [0.05, 0.1) is 0 Å². The van der Waals surface area contributed by atoms with Crippen molar-refractivity contribution in [2.75, 3.05) is 0 Å². The third kappa shape index (κ3) is 11.8. The van der Waals surface area contributed by atoms with Crippen LogP contribution in [-0.2, 0) is 0 Å². The highest BCUT2D eigenvalue weighted by molar-refractivity contribution is 6.18. The fourth-order valence-corrected chi connectivity index (χ4v) is 17.8. The van der Waals surface area contributed by atoms with Gasteiger partial charge in [-0.3, -0.25) is 0 Å². The molecule has 0 aliphatic heterocycles. The van der Waals surface area contributed by atoms with Gasteiger partial charge in [-0.15, -0.1) is 0 Å². The first-order chi connectivity index (χ1) is 57.0. The van der Waals surface area contributed by atoms with E-state index in [4.69, 9.17) is 13.3 Å². The van der Waals surface area contributed by atoms with E-state index in [9.17, 15) is 0 Å².